The molecule has 1 aromatic rings. The zero-order chi connectivity index (χ0) is 13.3. The van der Waals surface area contributed by atoms with Gasteiger partial charge in [0.15, 0.2) is 0 Å². The van der Waals surface area contributed by atoms with Gasteiger partial charge in [-0.25, -0.2) is 4.98 Å². The molecule has 1 unspecified atom stereocenters. The van der Waals surface area contributed by atoms with Crippen LogP contribution >= 0.6 is 11.6 Å². The maximum Gasteiger partial charge on any atom is 0.274 e. The lowest BCUT2D eigenvalue weighted by Crippen LogP contribution is -2.34. The Bertz CT molecular complexity index is 476. The van der Waals surface area contributed by atoms with Gasteiger partial charge in [-0.2, -0.15) is 0 Å². The van der Waals surface area contributed by atoms with Gasteiger partial charge < -0.3 is 15.3 Å². The zero-order valence-corrected chi connectivity index (χ0v) is 11.2. The van der Waals surface area contributed by atoms with Crippen LogP contribution in [0.4, 0.5) is 5.82 Å². The molecule has 1 aromatic heterocycles. The number of amides is 1. The third-order valence-electron chi connectivity index (χ3n) is 3.04. The van der Waals surface area contributed by atoms with E-state index in [2.05, 4.69) is 10.3 Å². The van der Waals surface area contributed by atoms with Crippen molar-refractivity contribution in [3.63, 3.8) is 0 Å². The van der Waals surface area contributed by atoms with Crippen LogP contribution in [-0.2, 0) is 0 Å². The van der Waals surface area contributed by atoms with E-state index in [-0.39, 0.29) is 11.6 Å². The van der Waals surface area contributed by atoms with E-state index in [9.17, 15) is 9.90 Å². The van der Waals surface area contributed by atoms with E-state index < -0.39 is 5.60 Å². The minimum absolute atomic E-state index is 0.223. The molecule has 0 saturated carbocycles. The van der Waals surface area contributed by atoms with Crippen molar-refractivity contribution in [1.82, 2.24) is 9.88 Å². The molecule has 0 bridgehead atoms. The fraction of sp³-hybridized carbons (Fsp3) is 0.500. The summed E-state index contributed by atoms with van der Waals surface area (Å²) in [5, 5.41) is 13.1. The van der Waals surface area contributed by atoms with Crippen LogP contribution in [0, 0.1) is 0 Å². The molecule has 98 valence electrons. The molecule has 1 saturated heterocycles. The van der Waals surface area contributed by atoms with Gasteiger partial charge in [-0.15, -0.1) is 0 Å². The standard InChI is InChI=1S/C12H16ClN3O2/c1-12(18)5-6-16(7-12)11(17)10-8(13)3-4-9(14-2)15-10/h3-4,18H,5-7H2,1-2H3,(H,14,15). The summed E-state index contributed by atoms with van der Waals surface area (Å²) in [4.78, 5) is 18.0. The Hall–Kier alpha value is -1.33. The molecule has 5 nitrogen and oxygen atoms in total. The molecule has 1 amide bonds. The zero-order valence-electron chi connectivity index (χ0n) is 10.4. The number of carbonyl (C=O) groups excluding carboxylic acids is 1. The average molecular weight is 270 g/mol. The summed E-state index contributed by atoms with van der Waals surface area (Å²) in [6, 6.07) is 3.35. The molecule has 0 aliphatic carbocycles. The summed E-state index contributed by atoms with van der Waals surface area (Å²) in [5.74, 6) is 0.351. The molecule has 1 aliphatic heterocycles. The average Bonchev–Trinajstić information content (AvgIpc) is 2.69. The second kappa shape index (κ2) is 4.74. The van der Waals surface area contributed by atoms with Gasteiger partial charge in [0.1, 0.15) is 11.5 Å². The van der Waals surface area contributed by atoms with Gasteiger partial charge in [-0.05, 0) is 25.5 Å². The van der Waals surface area contributed by atoms with E-state index in [1.165, 1.54) is 0 Å². The SMILES string of the molecule is CNc1ccc(Cl)c(C(=O)N2CCC(C)(O)C2)n1. The Labute approximate surface area is 111 Å². The van der Waals surface area contributed by atoms with Crippen molar-refractivity contribution >= 4 is 23.3 Å². The molecule has 0 spiro atoms. The highest BCUT2D eigenvalue weighted by Gasteiger charge is 2.35. The molecule has 2 rings (SSSR count). The summed E-state index contributed by atoms with van der Waals surface area (Å²) < 4.78 is 0. The lowest BCUT2D eigenvalue weighted by atomic mass is 10.1. The smallest absolute Gasteiger partial charge is 0.274 e. The Kier molecular flexibility index (Phi) is 3.45. The van der Waals surface area contributed by atoms with Gasteiger partial charge in [0.05, 0.1) is 10.6 Å². The summed E-state index contributed by atoms with van der Waals surface area (Å²) >= 11 is 6.00. The third-order valence-corrected chi connectivity index (χ3v) is 3.35. The molecule has 0 aromatic carbocycles. The van der Waals surface area contributed by atoms with Crippen molar-refractivity contribution < 1.29 is 9.90 Å². The number of hydrogen-bond donors (Lipinski definition) is 2. The van der Waals surface area contributed by atoms with Crippen LogP contribution in [0.15, 0.2) is 12.1 Å². The number of halogens is 1. The largest absolute Gasteiger partial charge is 0.388 e. The first-order valence-corrected chi connectivity index (χ1v) is 6.17. The van der Waals surface area contributed by atoms with Gasteiger partial charge in [0.2, 0.25) is 0 Å². The van der Waals surface area contributed by atoms with E-state index in [1.54, 1.807) is 31.0 Å². The Balaban J connectivity index is 2.24. The van der Waals surface area contributed by atoms with Gasteiger partial charge in [0.25, 0.3) is 5.91 Å². The number of hydrogen-bond acceptors (Lipinski definition) is 4. The fourth-order valence-electron chi connectivity index (χ4n) is 2.00. The second-order valence-corrected chi connectivity index (χ2v) is 5.16. The molecular formula is C12H16ClN3O2. The van der Waals surface area contributed by atoms with Crippen molar-refractivity contribution in [2.24, 2.45) is 0 Å². The highest BCUT2D eigenvalue weighted by Crippen LogP contribution is 2.24. The molecular weight excluding hydrogens is 254 g/mol. The normalized spacial score (nSPS) is 23.2. The highest BCUT2D eigenvalue weighted by atomic mass is 35.5. The first-order valence-electron chi connectivity index (χ1n) is 5.79. The number of likely N-dealkylation sites (tertiary alicyclic amines) is 1. The number of aliphatic hydroxyl groups is 1. The molecule has 2 heterocycles. The Morgan fingerprint density at radius 1 is 1.61 bits per heavy atom. The monoisotopic (exact) mass is 269 g/mol. The van der Waals surface area contributed by atoms with Crippen molar-refractivity contribution in [2.75, 3.05) is 25.5 Å². The number of nitrogens with zero attached hydrogens (tertiary/aromatic N) is 2. The number of nitrogens with one attached hydrogen (secondary N) is 1. The van der Waals surface area contributed by atoms with Crippen molar-refractivity contribution in [3.8, 4) is 0 Å². The highest BCUT2D eigenvalue weighted by molar-refractivity contribution is 6.33. The van der Waals surface area contributed by atoms with Crippen LogP contribution in [0.25, 0.3) is 0 Å². The third kappa shape index (κ3) is 2.57. The predicted molar refractivity (Wildman–Crippen MR) is 69.9 cm³/mol. The first-order chi connectivity index (χ1) is 8.43. The van der Waals surface area contributed by atoms with E-state index in [1.807, 2.05) is 0 Å². The molecule has 1 fully saturated rings. The maximum absolute atomic E-state index is 12.3. The van der Waals surface area contributed by atoms with Crippen molar-refractivity contribution in [1.29, 1.82) is 0 Å². The lowest BCUT2D eigenvalue weighted by molar-refractivity contribution is 0.0569. The number of carbonyl (C=O) groups is 1. The summed E-state index contributed by atoms with van der Waals surface area (Å²) in [5.41, 5.74) is -0.593. The molecule has 6 heteroatoms. The van der Waals surface area contributed by atoms with E-state index in [0.29, 0.717) is 30.4 Å². The minimum atomic E-state index is -0.817. The number of pyridine rings is 1. The molecule has 0 radical (unpaired) electrons. The Morgan fingerprint density at radius 3 is 2.89 bits per heavy atom. The maximum atomic E-state index is 12.3. The predicted octanol–water partition coefficient (Wildman–Crippen LogP) is 1.37. The van der Waals surface area contributed by atoms with E-state index in [0.717, 1.165) is 0 Å². The van der Waals surface area contributed by atoms with Gasteiger partial charge >= 0.3 is 0 Å². The molecule has 2 N–H and O–H groups in total. The number of anilines is 1. The van der Waals surface area contributed by atoms with E-state index >= 15 is 0 Å². The van der Waals surface area contributed by atoms with Crippen LogP contribution in [0.1, 0.15) is 23.8 Å². The van der Waals surface area contributed by atoms with Gasteiger partial charge in [0, 0.05) is 20.1 Å². The quantitative estimate of drug-likeness (QED) is 0.851. The topological polar surface area (TPSA) is 65.5 Å². The number of aromatic nitrogens is 1. The van der Waals surface area contributed by atoms with Crippen LogP contribution in [-0.4, -0.2) is 46.6 Å². The summed E-state index contributed by atoms with van der Waals surface area (Å²) in [6.07, 6.45) is 0.572. The van der Waals surface area contributed by atoms with Crippen LogP contribution < -0.4 is 5.32 Å². The Morgan fingerprint density at radius 2 is 2.33 bits per heavy atom. The van der Waals surface area contributed by atoms with Crippen molar-refractivity contribution in [3.05, 3.63) is 22.8 Å². The van der Waals surface area contributed by atoms with Gasteiger partial charge in [-0.3, -0.25) is 4.79 Å². The molecule has 1 atom stereocenters. The fourth-order valence-corrected chi connectivity index (χ4v) is 2.19. The molecule has 18 heavy (non-hydrogen) atoms. The van der Waals surface area contributed by atoms with Crippen LogP contribution in [0.2, 0.25) is 5.02 Å². The number of rotatable bonds is 2. The number of β-amino-alcohol motifs (C(OH)–C–C–N with tert-alkyl or cyclic N) is 1. The lowest BCUT2D eigenvalue weighted by Gasteiger charge is -2.19. The van der Waals surface area contributed by atoms with Crippen LogP contribution in [0.5, 0.6) is 0 Å². The van der Waals surface area contributed by atoms with E-state index in [4.69, 9.17) is 11.6 Å². The van der Waals surface area contributed by atoms with Crippen molar-refractivity contribution in [2.45, 2.75) is 18.9 Å². The van der Waals surface area contributed by atoms with Gasteiger partial charge in [-0.1, -0.05) is 11.6 Å². The second-order valence-electron chi connectivity index (χ2n) is 4.75. The summed E-state index contributed by atoms with van der Waals surface area (Å²) in [7, 11) is 1.73. The first kappa shape index (κ1) is 13.1. The van der Waals surface area contributed by atoms with Crippen LogP contribution in [0.3, 0.4) is 0 Å². The molecule has 1 aliphatic rings. The summed E-state index contributed by atoms with van der Waals surface area (Å²) in [6.45, 7) is 2.56. The minimum Gasteiger partial charge on any atom is -0.388 e.